The molecule has 1 aromatic heterocycles. The van der Waals surface area contributed by atoms with Crippen LogP contribution < -0.4 is 0 Å². The second-order valence-corrected chi connectivity index (χ2v) is 2.58. The summed E-state index contributed by atoms with van der Waals surface area (Å²) >= 11 is 3.17. The van der Waals surface area contributed by atoms with Crippen LogP contribution in [0.25, 0.3) is 0 Å². The maximum Gasteiger partial charge on any atom is 0.280 e. The average Bonchev–Trinajstić information content (AvgIpc) is 2.05. The zero-order valence-electron chi connectivity index (χ0n) is 5.60. The van der Waals surface area contributed by atoms with Gasteiger partial charge in [0.1, 0.15) is 5.69 Å². The third-order valence-corrected chi connectivity index (χ3v) is 1.87. The highest BCUT2D eigenvalue weighted by atomic mass is 79.9. The van der Waals surface area contributed by atoms with Gasteiger partial charge in [-0.1, -0.05) is 15.9 Å². The summed E-state index contributed by atoms with van der Waals surface area (Å²) in [6.45, 7) is 0. The molecule has 11 heavy (non-hydrogen) atoms. The van der Waals surface area contributed by atoms with Crippen LogP contribution >= 0.6 is 15.9 Å². The summed E-state index contributed by atoms with van der Waals surface area (Å²) < 4.78 is 24.0. The van der Waals surface area contributed by atoms with Crippen molar-refractivity contribution in [2.24, 2.45) is 0 Å². The minimum absolute atomic E-state index is 0.165. The lowest BCUT2D eigenvalue weighted by Crippen LogP contribution is -1.90. The number of halogens is 3. The molecule has 0 atom stereocenters. The van der Waals surface area contributed by atoms with E-state index in [0.29, 0.717) is 5.33 Å². The number of aromatic nitrogens is 1. The number of pyridine rings is 1. The van der Waals surface area contributed by atoms with Crippen LogP contribution in [0.3, 0.4) is 0 Å². The van der Waals surface area contributed by atoms with Gasteiger partial charge in [-0.25, -0.2) is 8.78 Å². The van der Waals surface area contributed by atoms with Crippen LogP contribution in [0.15, 0.2) is 18.3 Å². The predicted molar refractivity (Wildman–Crippen MR) is 41.8 cm³/mol. The van der Waals surface area contributed by atoms with Gasteiger partial charge in [0.05, 0.1) is 0 Å². The lowest BCUT2D eigenvalue weighted by Gasteiger charge is -1.99. The summed E-state index contributed by atoms with van der Waals surface area (Å²) in [6, 6.07) is 3.08. The maximum absolute atomic E-state index is 12.0. The molecule has 0 saturated carbocycles. The SMILES string of the molecule is FC(F)c1cc(CBr)ccn1. The summed E-state index contributed by atoms with van der Waals surface area (Å²) in [5.41, 5.74) is 0.650. The Kier molecular flexibility index (Phi) is 2.93. The summed E-state index contributed by atoms with van der Waals surface area (Å²) in [5.74, 6) is 0. The first-order chi connectivity index (χ1) is 5.24. The summed E-state index contributed by atoms with van der Waals surface area (Å²) in [6.07, 6.45) is -1.09. The third kappa shape index (κ3) is 2.22. The van der Waals surface area contributed by atoms with Gasteiger partial charge in [0.15, 0.2) is 0 Å². The molecule has 0 bridgehead atoms. The topological polar surface area (TPSA) is 12.9 Å². The first kappa shape index (κ1) is 8.59. The standard InChI is InChI=1S/C7H6BrF2N/c8-4-5-1-2-11-6(3-5)7(9)10/h1-3,7H,4H2. The second-order valence-electron chi connectivity index (χ2n) is 2.02. The lowest BCUT2D eigenvalue weighted by molar-refractivity contribution is 0.146. The van der Waals surface area contributed by atoms with Gasteiger partial charge in [-0.3, -0.25) is 4.98 Å². The molecule has 1 heterocycles. The molecule has 0 aliphatic carbocycles. The van der Waals surface area contributed by atoms with Crippen LogP contribution in [0.1, 0.15) is 17.7 Å². The van der Waals surface area contributed by atoms with E-state index in [4.69, 9.17) is 0 Å². The van der Waals surface area contributed by atoms with Gasteiger partial charge in [-0.2, -0.15) is 0 Å². The Balaban J connectivity index is 2.91. The maximum atomic E-state index is 12.0. The van der Waals surface area contributed by atoms with Gasteiger partial charge in [0, 0.05) is 11.5 Å². The van der Waals surface area contributed by atoms with E-state index in [-0.39, 0.29) is 5.69 Å². The van der Waals surface area contributed by atoms with Gasteiger partial charge in [-0.15, -0.1) is 0 Å². The fourth-order valence-electron chi connectivity index (χ4n) is 0.697. The summed E-state index contributed by atoms with van der Waals surface area (Å²) in [5, 5.41) is 0.579. The number of nitrogens with zero attached hydrogens (tertiary/aromatic N) is 1. The van der Waals surface area contributed by atoms with Crippen molar-refractivity contribution in [3.63, 3.8) is 0 Å². The fourth-order valence-corrected chi connectivity index (χ4v) is 1.05. The monoisotopic (exact) mass is 221 g/mol. The highest BCUT2D eigenvalue weighted by Crippen LogP contribution is 2.17. The molecule has 0 spiro atoms. The van der Waals surface area contributed by atoms with E-state index in [1.807, 2.05) is 0 Å². The van der Waals surface area contributed by atoms with Crippen LogP contribution in [0.2, 0.25) is 0 Å². The van der Waals surface area contributed by atoms with E-state index >= 15 is 0 Å². The molecule has 0 aliphatic heterocycles. The van der Waals surface area contributed by atoms with E-state index in [2.05, 4.69) is 20.9 Å². The van der Waals surface area contributed by atoms with Crippen molar-refractivity contribution in [1.29, 1.82) is 0 Å². The highest BCUT2D eigenvalue weighted by Gasteiger charge is 2.07. The first-order valence-corrected chi connectivity index (χ1v) is 4.15. The van der Waals surface area contributed by atoms with Crippen molar-refractivity contribution < 1.29 is 8.78 Å². The first-order valence-electron chi connectivity index (χ1n) is 3.03. The molecule has 1 nitrogen and oxygen atoms in total. The van der Waals surface area contributed by atoms with Crippen molar-refractivity contribution in [2.45, 2.75) is 11.8 Å². The van der Waals surface area contributed by atoms with Crippen LogP contribution in [0, 0.1) is 0 Å². The minimum atomic E-state index is -2.48. The number of hydrogen-bond donors (Lipinski definition) is 0. The number of alkyl halides is 3. The average molecular weight is 222 g/mol. The number of rotatable bonds is 2. The highest BCUT2D eigenvalue weighted by molar-refractivity contribution is 9.08. The van der Waals surface area contributed by atoms with Gasteiger partial charge < -0.3 is 0 Å². The van der Waals surface area contributed by atoms with Crippen molar-refractivity contribution in [2.75, 3.05) is 0 Å². The molecule has 1 rings (SSSR count). The van der Waals surface area contributed by atoms with Gasteiger partial charge in [0.25, 0.3) is 6.43 Å². The quantitative estimate of drug-likeness (QED) is 0.701. The zero-order chi connectivity index (χ0) is 8.27. The van der Waals surface area contributed by atoms with Crippen molar-refractivity contribution in [3.8, 4) is 0 Å². The van der Waals surface area contributed by atoms with Gasteiger partial charge in [0.2, 0.25) is 0 Å². The smallest absolute Gasteiger partial charge is 0.255 e. The molecule has 0 aliphatic rings. The molecular weight excluding hydrogens is 216 g/mol. The summed E-state index contributed by atoms with van der Waals surface area (Å²) in [7, 11) is 0. The molecule has 0 aromatic carbocycles. The molecule has 0 saturated heterocycles. The van der Waals surface area contributed by atoms with E-state index in [9.17, 15) is 8.78 Å². The van der Waals surface area contributed by atoms with Gasteiger partial charge in [-0.05, 0) is 17.7 Å². The normalized spacial score (nSPS) is 10.5. The molecular formula is C7H6BrF2N. The van der Waals surface area contributed by atoms with Crippen LogP contribution in [-0.4, -0.2) is 4.98 Å². The molecule has 1 aromatic rings. The second kappa shape index (κ2) is 3.76. The Morgan fingerprint density at radius 1 is 1.55 bits per heavy atom. The van der Waals surface area contributed by atoms with Crippen molar-refractivity contribution >= 4 is 15.9 Å². The molecule has 60 valence electrons. The lowest BCUT2D eigenvalue weighted by atomic mass is 10.2. The van der Waals surface area contributed by atoms with Crippen LogP contribution in [0.5, 0.6) is 0 Å². The van der Waals surface area contributed by atoms with Crippen molar-refractivity contribution in [3.05, 3.63) is 29.6 Å². The largest absolute Gasteiger partial charge is 0.280 e. The van der Waals surface area contributed by atoms with Crippen LogP contribution in [-0.2, 0) is 5.33 Å². The molecule has 0 N–H and O–H groups in total. The Hall–Kier alpha value is -0.510. The Morgan fingerprint density at radius 2 is 2.27 bits per heavy atom. The molecule has 0 unspecified atom stereocenters. The molecule has 0 radical (unpaired) electrons. The predicted octanol–water partition coefficient (Wildman–Crippen LogP) is 2.91. The van der Waals surface area contributed by atoms with E-state index < -0.39 is 6.43 Å². The number of hydrogen-bond acceptors (Lipinski definition) is 1. The molecule has 4 heteroatoms. The third-order valence-electron chi connectivity index (χ3n) is 1.22. The van der Waals surface area contributed by atoms with Crippen LogP contribution in [0.4, 0.5) is 8.78 Å². The molecule has 0 fully saturated rings. The Bertz CT molecular complexity index is 240. The van der Waals surface area contributed by atoms with Gasteiger partial charge >= 0.3 is 0 Å². The van der Waals surface area contributed by atoms with E-state index in [1.54, 1.807) is 6.07 Å². The van der Waals surface area contributed by atoms with E-state index in [0.717, 1.165) is 5.56 Å². The Labute approximate surface area is 71.6 Å². The zero-order valence-corrected chi connectivity index (χ0v) is 7.18. The van der Waals surface area contributed by atoms with E-state index in [1.165, 1.54) is 12.3 Å². The fraction of sp³-hybridized carbons (Fsp3) is 0.286. The summed E-state index contributed by atoms with van der Waals surface area (Å²) in [4.78, 5) is 3.52. The van der Waals surface area contributed by atoms with Crippen molar-refractivity contribution in [1.82, 2.24) is 4.98 Å². The molecule has 0 amide bonds. The minimum Gasteiger partial charge on any atom is -0.255 e. The Morgan fingerprint density at radius 3 is 2.82 bits per heavy atom.